The van der Waals surface area contributed by atoms with Crippen molar-refractivity contribution in [3.8, 4) is 11.5 Å². The number of rotatable bonds is 17. The molecule has 0 aromatic heterocycles. The van der Waals surface area contributed by atoms with Crippen LogP contribution in [0.15, 0.2) is 90.0 Å². The van der Waals surface area contributed by atoms with Crippen molar-refractivity contribution in [2.45, 2.75) is 12.2 Å². The van der Waals surface area contributed by atoms with E-state index in [-0.39, 0.29) is 26.2 Å². The topological polar surface area (TPSA) is 169 Å². The third kappa shape index (κ3) is 10.9. The maximum absolute atomic E-state index is 14.4. The number of carbonyl (C=O) groups excluding carboxylic acids is 1. The molecule has 0 saturated heterocycles. The highest BCUT2D eigenvalue weighted by molar-refractivity contribution is 7.55. The Bertz CT molecular complexity index is 1210. The Morgan fingerprint density at radius 1 is 0.850 bits per heavy atom. The molecule has 212 valence electrons. The van der Waals surface area contributed by atoms with Crippen molar-refractivity contribution in [2.24, 2.45) is 5.11 Å². The summed E-state index contributed by atoms with van der Waals surface area (Å²) in [5.41, 5.74) is 13.7. The Morgan fingerprint density at radius 2 is 1.40 bits per heavy atom. The first kappa shape index (κ1) is 30.3. The Balaban J connectivity index is 1.68. The largest absolute Gasteiger partial charge is 0.453 e. The first-order valence-electron chi connectivity index (χ1n) is 12.5. The smallest absolute Gasteiger partial charge is 0.447 e. The van der Waals surface area contributed by atoms with E-state index in [9.17, 15) is 9.36 Å². The zero-order valence-corrected chi connectivity index (χ0v) is 22.8. The maximum Gasteiger partial charge on any atom is 0.453 e. The molecule has 0 aliphatic carbocycles. The molecule has 3 rings (SSSR count). The third-order valence-electron chi connectivity index (χ3n) is 5.27. The van der Waals surface area contributed by atoms with Crippen LogP contribution >= 0.6 is 7.60 Å². The molecule has 4 N–H and O–H groups in total. The van der Waals surface area contributed by atoms with Gasteiger partial charge in [-0.2, -0.15) is 0 Å². The Labute approximate surface area is 232 Å². The molecule has 0 aliphatic heterocycles. The van der Waals surface area contributed by atoms with Gasteiger partial charge in [-0.05, 0) is 42.0 Å². The molecule has 13 heteroatoms. The number of anilines is 1. The second-order valence-electron chi connectivity index (χ2n) is 8.28. The molecule has 0 spiro atoms. The monoisotopic (exact) mass is 570 g/mol. The molecule has 0 radical (unpaired) electrons. The molecule has 40 heavy (non-hydrogen) atoms. The Kier molecular flexibility index (Phi) is 12.7. The summed E-state index contributed by atoms with van der Waals surface area (Å²) in [7, 11) is -4.09. The summed E-state index contributed by atoms with van der Waals surface area (Å²) in [5, 5.41) is 6.15. The number of nitrogen functional groups attached to an aromatic ring is 1. The van der Waals surface area contributed by atoms with Crippen molar-refractivity contribution in [3.05, 3.63) is 90.5 Å². The molecule has 1 atom stereocenters. The zero-order chi connectivity index (χ0) is 28.5. The van der Waals surface area contributed by atoms with Crippen LogP contribution in [0.1, 0.15) is 5.56 Å². The lowest BCUT2D eigenvalue weighted by molar-refractivity contribution is 0.0297. The summed E-state index contributed by atoms with van der Waals surface area (Å²) in [6.45, 7) is 1.32. The van der Waals surface area contributed by atoms with E-state index in [2.05, 4.69) is 15.3 Å². The molecule has 1 amide bonds. The second-order valence-corrected chi connectivity index (χ2v) is 10.3. The minimum atomic E-state index is -4.09. The van der Waals surface area contributed by atoms with Gasteiger partial charge in [0.25, 0.3) is 0 Å². The number of nitrogens with two attached hydrogens (primary N) is 1. The summed E-state index contributed by atoms with van der Waals surface area (Å²) < 4.78 is 42.2. The van der Waals surface area contributed by atoms with Gasteiger partial charge in [0.2, 0.25) is 4.91 Å². The Morgan fingerprint density at radius 3 is 1.98 bits per heavy atom. The van der Waals surface area contributed by atoms with E-state index in [1.807, 2.05) is 0 Å². The van der Waals surface area contributed by atoms with E-state index in [0.717, 1.165) is 5.56 Å². The van der Waals surface area contributed by atoms with Crippen LogP contribution < -0.4 is 25.0 Å². The van der Waals surface area contributed by atoms with Gasteiger partial charge in [-0.25, -0.2) is 9.36 Å². The van der Waals surface area contributed by atoms with Gasteiger partial charge in [-0.1, -0.05) is 48.5 Å². The van der Waals surface area contributed by atoms with Gasteiger partial charge >= 0.3 is 13.7 Å². The molecular formula is C27H33N5O7P+. The number of nitrogens with zero attached hydrogens (tertiary/aromatic N) is 2. The molecule has 1 unspecified atom stereocenters. The van der Waals surface area contributed by atoms with Crippen LogP contribution in [0.5, 0.6) is 11.5 Å². The van der Waals surface area contributed by atoms with Crippen LogP contribution in [0, 0.1) is 5.53 Å². The molecule has 0 fully saturated rings. The number of ether oxygens (including phenoxy) is 3. The zero-order valence-electron chi connectivity index (χ0n) is 21.9. The molecule has 3 aromatic carbocycles. The normalized spacial score (nSPS) is 11.6. The molecule has 12 nitrogen and oxygen atoms in total. The number of alkyl carbamates (subject to hydrolysis) is 1. The minimum absolute atomic E-state index is 0.0448. The highest BCUT2D eigenvalue weighted by atomic mass is 31.2. The van der Waals surface area contributed by atoms with E-state index in [0.29, 0.717) is 36.9 Å². The maximum atomic E-state index is 14.4. The first-order valence-corrected chi connectivity index (χ1v) is 14.1. The predicted octanol–water partition coefficient (Wildman–Crippen LogP) is 4.80. The lowest BCUT2D eigenvalue weighted by Gasteiger charge is -2.28. The minimum Gasteiger partial charge on any atom is -0.447 e. The SMILES string of the molecule is N=[N+]=NCCOCCOCCOC(=O)NC(Cc1ccc(N)cc1)P(=O)(Oc1ccccc1)Oc1ccccc1. The lowest BCUT2D eigenvalue weighted by Crippen LogP contribution is -2.39. The van der Waals surface area contributed by atoms with Crippen molar-refractivity contribution >= 4 is 19.4 Å². The number of amides is 1. The van der Waals surface area contributed by atoms with Crippen molar-refractivity contribution in [1.82, 2.24) is 10.2 Å². The average Bonchev–Trinajstić information content (AvgIpc) is 2.96. The van der Waals surface area contributed by atoms with Gasteiger partial charge < -0.3 is 34.3 Å². The number of nitrogens with one attached hydrogen (secondary N) is 2. The number of hydrogen-bond donors (Lipinski definition) is 3. The van der Waals surface area contributed by atoms with E-state index in [1.165, 1.54) is 0 Å². The second kappa shape index (κ2) is 16.7. The fourth-order valence-electron chi connectivity index (χ4n) is 3.37. The molecule has 0 bridgehead atoms. The van der Waals surface area contributed by atoms with Crippen LogP contribution in [-0.4, -0.2) is 51.5 Å². The van der Waals surface area contributed by atoms with Gasteiger partial charge in [-0.3, -0.25) is 0 Å². The molecular weight excluding hydrogens is 537 g/mol. The number of para-hydroxylation sites is 2. The van der Waals surface area contributed by atoms with Crippen LogP contribution in [0.2, 0.25) is 0 Å². The highest BCUT2D eigenvalue weighted by Crippen LogP contribution is 2.53. The van der Waals surface area contributed by atoms with Gasteiger partial charge in [-0.15, -0.1) is 0 Å². The summed E-state index contributed by atoms with van der Waals surface area (Å²) in [5.74, 6) is -0.477. The Hall–Kier alpha value is -4.21. The van der Waals surface area contributed by atoms with E-state index >= 15 is 0 Å². The van der Waals surface area contributed by atoms with Crippen molar-refractivity contribution in [3.63, 3.8) is 0 Å². The highest BCUT2D eigenvalue weighted by Gasteiger charge is 2.41. The van der Waals surface area contributed by atoms with Crippen LogP contribution in [0.4, 0.5) is 10.5 Å². The summed E-state index contributed by atoms with van der Waals surface area (Å²) in [6, 6.07) is 24.2. The van der Waals surface area contributed by atoms with Crippen molar-refractivity contribution in [1.29, 1.82) is 5.53 Å². The first-order chi connectivity index (χ1) is 19.5. The number of carbonyl (C=O) groups is 1. The molecule has 0 heterocycles. The van der Waals surface area contributed by atoms with E-state index < -0.39 is 19.5 Å². The van der Waals surface area contributed by atoms with Crippen LogP contribution in [-0.2, 0) is 25.2 Å². The summed E-state index contributed by atoms with van der Waals surface area (Å²) >= 11 is 0. The quantitative estimate of drug-likeness (QED) is 0.0684. The van der Waals surface area contributed by atoms with E-state index in [4.69, 9.17) is 34.5 Å². The summed E-state index contributed by atoms with van der Waals surface area (Å²) in [6.07, 6.45) is -0.699. The van der Waals surface area contributed by atoms with Crippen LogP contribution in [0.3, 0.4) is 0 Å². The van der Waals surface area contributed by atoms with Gasteiger partial charge in [0.15, 0.2) is 5.78 Å². The van der Waals surface area contributed by atoms with E-state index in [1.54, 1.807) is 84.9 Å². The number of benzene rings is 3. The fourth-order valence-corrected chi connectivity index (χ4v) is 5.19. The average molecular weight is 571 g/mol. The standard InChI is InChI=1S/C27H32N5O7P/c28-23-13-11-22(12-14-23)21-26(31-27(33)37-20-19-36-18-17-35-16-15-30-32-29)40(34,38-24-7-3-1-4-8-24)39-25-9-5-2-6-10-25/h1-14,26,29H,15-21,28H2/p+1. The summed E-state index contributed by atoms with van der Waals surface area (Å²) in [4.78, 5) is 15.7. The fraction of sp³-hybridized carbons (Fsp3) is 0.296. The van der Waals surface area contributed by atoms with Crippen molar-refractivity contribution in [2.75, 3.05) is 45.3 Å². The van der Waals surface area contributed by atoms with Gasteiger partial charge in [0, 0.05) is 12.1 Å². The molecule has 0 aliphatic rings. The van der Waals surface area contributed by atoms with Crippen molar-refractivity contribution < 1.29 is 32.6 Å². The van der Waals surface area contributed by atoms with Gasteiger partial charge in [0.05, 0.1) is 26.4 Å². The lowest BCUT2D eigenvalue weighted by atomic mass is 10.1. The predicted molar refractivity (Wildman–Crippen MR) is 148 cm³/mol. The molecule has 3 aromatic rings. The van der Waals surface area contributed by atoms with Gasteiger partial charge in [0.1, 0.15) is 35.3 Å². The number of hydrogen-bond acceptors (Lipinski definition) is 10. The molecule has 0 saturated carbocycles. The third-order valence-corrected chi connectivity index (χ3v) is 7.27. The van der Waals surface area contributed by atoms with Crippen LogP contribution in [0.25, 0.3) is 0 Å².